The van der Waals surface area contributed by atoms with Crippen molar-refractivity contribution in [2.24, 2.45) is 0 Å². The van der Waals surface area contributed by atoms with Crippen LogP contribution >= 0.6 is 0 Å². The second-order valence-corrected chi connectivity index (χ2v) is 5.74. The van der Waals surface area contributed by atoms with Crippen molar-refractivity contribution in [3.05, 3.63) is 35.4 Å². The summed E-state index contributed by atoms with van der Waals surface area (Å²) in [6, 6.07) is 7.94. The highest BCUT2D eigenvalue weighted by Crippen LogP contribution is 2.08. The van der Waals surface area contributed by atoms with E-state index in [0.717, 1.165) is 5.56 Å². The molecular weight excluding hydrogens is 280 g/mol. The number of carbonyl (C=O) groups is 2. The quantitative estimate of drug-likeness (QED) is 0.900. The molecule has 22 heavy (non-hydrogen) atoms. The van der Waals surface area contributed by atoms with Gasteiger partial charge in [0, 0.05) is 46.8 Å². The molecule has 0 spiro atoms. The van der Waals surface area contributed by atoms with Crippen LogP contribution < -0.4 is 5.32 Å². The lowest BCUT2D eigenvalue weighted by molar-refractivity contribution is 0.128. The van der Waals surface area contributed by atoms with Crippen molar-refractivity contribution in [3.8, 4) is 0 Å². The Morgan fingerprint density at radius 2 is 1.68 bits per heavy atom. The molecule has 0 saturated carbocycles. The van der Waals surface area contributed by atoms with E-state index in [-0.39, 0.29) is 12.1 Å². The fraction of sp³-hybridized carbons (Fsp3) is 0.500. The fourth-order valence-corrected chi connectivity index (χ4v) is 2.47. The molecule has 120 valence electrons. The summed E-state index contributed by atoms with van der Waals surface area (Å²) in [4.78, 5) is 29.1. The Morgan fingerprint density at radius 3 is 2.27 bits per heavy atom. The third-order valence-corrected chi connectivity index (χ3v) is 3.91. The molecule has 0 bridgehead atoms. The summed E-state index contributed by atoms with van der Waals surface area (Å²) < 4.78 is 0. The molecule has 1 aliphatic heterocycles. The third kappa shape index (κ3) is 3.90. The highest BCUT2D eigenvalue weighted by Gasteiger charge is 2.24. The number of urea groups is 2. The number of rotatable bonds is 2. The highest BCUT2D eigenvalue weighted by atomic mass is 16.2. The summed E-state index contributed by atoms with van der Waals surface area (Å²) >= 11 is 0. The van der Waals surface area contributed by atoms with E-state index in [0.29, 0.717) is 32.7 Å². The van der Waals surface area contributed by atoms with Crippen LogP contribution in [0.15, 0.2) is 24.3 Å². The van der Waals surface area contributed by atoms with Gasteiger partial charge in [0.25, 0.3) is 0 Å². The molecule has 0 radical (unpaired) electrons. The maximum Gasteiger partial charge on any atom is 0.319 e. The molecular formula is C16H24N4O2. The van der Waals surface area contributed by atoms with Gasteiger partial charge in [-0.15, -0.1) is 0 Å². The Balaban J connectivity index is 1.80. The lowest BCUT2D eigenvalue weighted by atomic mass is 10.1. The van der Waals surface area contributed by atoms with E-state index in [2.05, 4.69) is 5.32 Å². The van der Waals surface area contributed by atoms with Gasteiger partial charge in [-0.1, -0.05) is 24.3 Å². The predicted octanol–water partition coefficient (Wildman–Crippen LogP) is 1.50. The van der Waals surface area contributed by atoms with Crippen molar-refractivity contribution in [1.82, 2.24) is 20.0 Å². The molecule has 6 nitrogen and oxygen atoms in total. The molecule has 1 aliphatic rings. The number of carbonyl (C=O) groups excluding carboxylic acids is 2. The number of hydrogen-bond donors (Lipinski definition) is 1. The van der Waals surface area contributed by atoms with Crippen molar-refractivity contribution >= 4 is 12.1 Å². The maximum atomic E-state index is 12.2. The predicted molar refractivity (Wildman–Crippen MR) is 85.6 cm³/mol. The fourth-order valence-electron chi connectivity index (χ4n) is 2.47. The second-order valence-electron chi connectivity index (χ2n) is 5.74. The third-order valence-electron chi connectivity index (χ3n) is 3.91. The SMILES string of the molecule is Cc1ccccc1CNC(=O)N1CCN(C(=O)N(C)C)CC1. The largest absolute Gasteiger partial charge is 0.334 e. The summed E-state index contributed by atoms with van der Waals surface area (Å²) in [5, 5.41) is 2.95. The molecule has 0 aliphatic carbocycles. The van der Waals surface area contributed by atoms with Gasteiger partial charge in [-0.25, -0.2) is 9.59 Å². The van der Waals surface area contributed by atoms with Gasteiger partial charge in [0.15, 0.2) is 0 Å². The Labute approximate surface area is 131 Å². The van der Waals surface area contributed by atoms with Crippen LogP contribution in [0.4, 0.5) is 9.59 Å². The zero-order valence-electron chi connectivity index (χ0n) is 13.5. The van der Waals surface area contributed by atoms with Crippen LogP contribution in [-0.2, 0) is 6.54 Å². The van der Waals surface area contributed by atoms with Crippen molar-refractivity contribution in [1.29, 1.82) is 0 Å². The number of aryl methyl sites for hydroxylation is 1. The maximum absolute atomic E-state index is 12.2. The average molecular weight is 304 g/mol. The molecule has 4 amide bonds. The zero-order valence-corrected chi connectivity index (χ0v) is 13.5. The van der Waals surface area contributed by atoms with Crippen molar-refractivity contribution in [2.75, 3.05) is 40.3 Å². The molecule has 1 saturated heterocycles. The van der Waals surface area contributed by atoms with E-state index in [1.807, 2.05) is 31.2 Å². The minimum Gasteiger partial charge on any atom is -0.334 e. The van der Waals surface area contributed by atoms with E-state index >= 15 is 0 Å². The van der Waals surface area contributed by atoms with E-state index in [9.17, 15) is 9.59 Å². The molecule has 1 aromatic carbocycles. The van der Waals surface area contributed by atoms with Crippen molar-refractivity contribution in [3.63, 3.8) is 0 Å². The number of nitrogens with one attached hydrogen (secondary N) is 1. The lowest BCUT2D eigenvalue weighted by Crippen LogP contribution is -2.54. The van der Waals surface area contributed by atoms with E-state index in [1.165, 1.54) is 5.56 Å². The summed E-state index contributed by atoms with van der Waals surface area (Å²) in [5.74, 6) is 0. The van der Waals surface area contributed by atoms with Crippen LogP contribution in [0.25, 0.3) is 0 Å². The van der Waals surface area contributed by atoms with Gasteiger partial charge in [0.2, 0.25) is 0 Å². The minimum absolute atomic E-state index is 0.0000292. The van der Waals surface area contributed by atoms with Crippen molar-refractivity contribution < 1.29 is 9.59 Å². The first kappa shape index (κ1) is 16.1. The monoisotopic (exact) mass is 304 g/mol. The average Bonchev–Trinajstić information content (AvgIpc) is 2.53. The lowest BCUT2D eigenvalue weighted by Gasteiger charge is -2.35. The van der Waals surface area contributed by atoms with Crippen molar-refractivity contribution in [2.45, 2.75) is 13.5 Å². The second kappa shape index (κ2) is 7.15. The first-order valence-corrected chi connectivity index (χ1v) is 7.52. The first-order chi connectivity index (χ1) is 10.5. The summed E-state index contributed by atoms with van der Waals surface area (Å²) in [7, 11) is 3.48. The molecule has 6 heteroatoms. The Kier molecular flexibility index (Phi) is 5.25. The number of hydrogen-bond acceptors (Lipinski definition) is 2. The number of amides is 4. The highest BCUT2D eigenvalue weighted by molar-refractivity contribution is 5.76. The topological polar surface area (TPSA) is 55.9 Å². The van der Waals surface area contributed by atoms with E-state index in [4.69, 9.17) is 0 Å². The Bertz CT molecular complexity index is 537. The smallest absolute Gasteiger partial charge is 0.319 e. The zero-order chi connectivity index (χ0) is 16.1. The van der Waals surface area contributed by atoms with Crippen LogP contribution in [0.3, 0.4) is 0 Å². The first-order valence-electron chi connectivity index (χ1n) is 7.52. The molecule has 0 aromatic heterocycles. The minimum atomic E-state index is -0.0693. The van der Waals surface area contributed by atoms with Gasteiger partial charge in [-0.3, -0.25) is 0 Å². The van der Waals surface area contributed by atoms with E-state index in [1.54, 1.807) is 28.8 Å². The number of nitrogens with zero attached hydrogens (tertiary/aromatic N) is 3. The Morgan fingerprint density at radius 1 is 1.09 bits per heavy atom. The molecule has 1 aromatic rings. The normalized spacial score (nSPS) is 14.7. The molecule has 0 unspecified atom stereocenters. The molecule has 0 atom stereocenters. The number of piperazine rings is 1. The van der Waals surface area contributed by atoms with Crippen LogP contribution in [0, 0.1) is 6.92 Å². The molecule has 1 fully saturated rings. The van der Waals surface area contributed by atoms with Gasteiger partial charge in [-0.05, 0) is 18.1 Å². The number of benzene rings is 1. The summed E-state index contributed by atoms with van der Waals surface area (Å²) in [6.45, 7) is 4.86. The molecule has 1 heterocycles. The van der Waals surface area contributed by atoms with Gasteiger partial charge in [-0.2, -0.15) is 0 Å². The van der Waals surface area contributed by atoms with Crippen LogP contribution in [0.1, 0.15) is 11.1 Å². The van der Waals surface area contributed by atoms with Crippen LogP contribution in [0.2, 0.25) is 0 Å². The van der Waals surface area contributed by atoms with E-state index < -0.39 is 0 Å². The van der Waals surface area contributed by atoms with Gasteiger partial charge in [0.05, 0.1) is 0 Å². The van der Waals surface area contributed by atoms with Crippen LogP contribution in [-0.4, -0.2) is 67.0 Å². The van der Waals surface area contributed by atoms with Crippen LogP contribution in [0.5, 0.6) is 0 Å². The van der Waals surface area contributed by atoms with Gasteiger partial charge in [0.1, 0.15) is 0 Å². The molecule has 2 rings (SSSR count). The Hall–Kier alpha value is -2.24. The summed E-state index contributed by atoms with van der Waals surface area (Å²) in [5.41, 5.74) is 2.29. The summed E-state index contributed by atoms with van der Waals surface area (Å²) in [6.07, 6.45) is 0. The van der Waals surface area contributed by atoms with Gasteiger partial charge < -0.3 is 20.0 Å². The van der Waals surface area contributed by atoms with Gasteiger partial charge >= 0.3 is 12.1 Å². The standard InChI is InChI=1S/C16H24N4O2/c1-13-6-4-5-7-14(13)12-17-15(21)19-8-10-20(11-9-19)16(22)18(2)3/h4-7H,8-12H2,1-3H3,(H,17,21). The molecule has 1 N–H and O–H groups in total.